The molecule has 0 radical (unpaired) electrons. The Morgan fingerprint density at radius 3 is 2.62 bits per heavy atom. The quantitative estimate of drug-likeness (QED) is 0.690. The maximum atomic E-state index is 12.1. The number of rotatable bonds is 6. The van der Waals surface area contributed by atoms with E-state index in [1.807, 2.05) is 11.9 Å². The van der Waals surface area contributed by atoms with Crippen molar-refractivity contribution in [2.24, 2.45) is 0 Å². The molecule has 94 valence electrons. The molecular formula is C12H24N2O2. The zero-order valence-electron chi connectivity index (χ0n) is 10.5. The summed E-state index contributed by atoms with van der Waals surface area (Å²) < 4.78 is 5.25. The highest BCUT2D eigenvalue weighted by molar-refractivity contribution is 5.81. The minimum absolute atomic E-state index is 0.00958. The maximum absolute atomic E-state index is 12.1. The van der Waals surface area contributed by atoms with Gasteiger partial charge in [-0.1, -0.05) is 26.2 Å². The number of unbranched alkanes of at least 4 members (excludes halogenated alkanes) is 2. The molecule has 0 aromatic carbocycles. The van der Waals surface area contributed by atoms with Crippen LogP contribution in [0.5, 0.6) is 0 Å². The minimum Gasteiger partial charge on any atom is -0.378 e. The van der Waals surface area contributed by atoms with Crippen LogP contribution in [0.3, 0.4) is 0 Å². The molecule has 1 atom stereocenters. The minimum atomic E-state index is -0.00958. The van der Waals surface area contributed by atoms with Crippen LogP contribution < -0.4 is 5.32 Å². The van der Waals surface area contributed by atoms with Crippen molar-refractivity contribution in [2.45, 2.75) is 38.6 Å². The molecule has 16 heavy (non-hydrogen) atoms. The van der Waals surface area contributed by atoms with Gasteiger partial charge in [0.15, 0.2) is 0 Å². The number of amides is 1. The van der Waals surface area contributed by atoms with Gasteiger partial charge in [-0.05, 0) is 13.5 Å². The average Bonchev–Trinajstić information content (AvgIpc) is 2.35. The first-order valence-corrected chi connectivity index (χ1v) is 6.33. The lowest BCUT2D eigenvalue weighted by Crippen LogP contribution is -2.49. The first-order valence-electron chi connectivity index (χ1n) is 6.33. The van der Waals surface area contributed by atoms with E-state index in [-0.39, 0.29) is 11.9 Å². The number of nitrogens with zero attached hydrogens (tertiary/aromatic N) is 1. The summed E-state index contributed by atoms with van der Waals surface area (Å²) >= 11 is 0. The zero-order chi connectivity index (χ0) is 11.8. The van der Waals surface area contributed by atoms with E-state index >= 15 is 0 Å². The lowest BCUT2D eigenvalue weighted by molar-refractivity contribution is -0.137. The summed E-state index contributed by atoms with van der Waals surface area (Å²) in [4.78, 5) is 14.0. The van der Waals surface area contributed by atoms with Crippen LogP contribution in [-0.4, -0.2) is 50.2 Å². The molecule has 1 saturated heterocycles. The Labute approximate surface area is 98.3 Å². The molecular weight excluding hydrogens is 204 g/mol. The van der Waals surface area contributed by atoms with Gasteiger partial charge in [0.05, 0.1) is 19.3 Å². The van der Waals surface area contributed by atoms with Gasteiger partial charge in [0.2, 0.25) is 5.91 Å². The zero-order valence-corrected chi connectivity index (χ0v) is 10.5. The summed E-state index contributed by atoms with van der Waals surface area (Å²) in [7, 11) is 1.87. The van der Waals surface area contributed by atoms with Crippen molar-refractivity contribution in [1.82, 2.24) is 10.2 Å². The van der Waals surface area contributed by atoms with Gasteiger partial charge < -0.3 is 15.0 Å². The highest BCUT2D eigenvalue weighted by Gasteiger charge is 2.23. The van der Waals surface area contributed by atoms with Gasteiger partial charge >= 0.3 is 0 Å². The summed E-state index contributed by atoms with van der Waals surface area (Å²) in [6, 6.07) is -0.00958. The van der Waals surface area contributed by atoms with Crippen LogP contribution in [0.4, 0.5) is 0 Å². The molecule has 0 saturated carbocycles. The van der Waals surface area contributed by atoms with E-state index in [4.69, 9.17) is 4.74 Å². The van der Waals surface area contributed by atoms with Crippen LogP contribution in [0.2, 0.25) is 0 Å². The molecule has 1 amide bonds. The normalized spacial score (nSPS) is 18.5. The molecule has 1 heterocycles. The number of carbonyl (C=O) groups is 1. The lowest BCUT2D eigenvalue weighted by atomic mass is 10.1. The van der Waals surface area contributed by atoms with Crippen LogP contribution in [0.1, 0.15) is 32.6 Å². The Kier molecular flexibility index (Phi) is 6.42. The van der Waals surface area contributed by atoms with E-state index in [0.717, 1.165) is 25.9 Å². The Hall–Kier alpha value is -0.610. The molecule has 1 rings (SSSR count). The number of likely N-dealkylation sites (N-methyl/N-ethyl adjacent to an activating group) is 1. The van der Waals surface area contributed by atoms with E-state index in [9.17, 15) is 4.79 Å². The second-order valence-corrected chi connectivity index (χ2v) is 4.27. The second-order valence-electron chi connectivity index (χ2n) is 4.27. The van der Waals surface area contributed by atoms with Gasteiger partial charge in [-0.15, -0.1) is 0 Å². The maximum Gasteiger partial charge on any atom is 0.239 e. The summed E-state index contributed by atoms with van der Waals surface area (Å²) in [5.41, 5.74) is 0. The van der Waals surface area contributed by atoms with Crippen LogP contribution in [0, 0.1) is 0 Å². The highest BCUT2D eigenvalue weighted by atomic mass is 16.5. The fraction of sp³-hybridized carbons (Fsp3) is 0.917. The largest absolute Gasteiger partial charge is 0.378 e. The molecule has 0 unspecified atom stereocenters. The number of ether oxygens (including phenoxy) is 1. The van der Waals surface area contributed by atoms with Gasteiger partial charge in [-0.25, -0.2) is 0 Å². The van der Waals surface area contributed by atoms with Crippen LogP contribution >= 0.6 is 0 Å². The van der Waals surface area contributed by atoms with Gasteiger partial charge in [-0.3, -0.25) is 4.79 Å². The van der Waals surface area contributed by atoms with E-state index in [2.05, 4.69) is 12.2 Å². The fourth-order valence-corrected chi connectivity index (χ4v) is 1.99. The monoisotopic (exact) mass is 228 g/mol. The number of hydrogen-bond donors (Lipinski definition) is 1. The summed E-state index contributed by atoms with van der Waals surface area (Å²) in [5.74, 6) is 0.238. The average molecular weight is 228 g/mol. The van der Waals surface area contributed by atoms with Crippen molar-refractivity contribution in [3.05, 3.63) is 0 Å². The standard InChI is InChI=1S/C12H24N2O2/c1-3-4-5-6-11(13-2)12(15)14-7-9-16-10-8-14/h11,13H,3-10H2,1-2H3/t11-/m0/s1. The molecule has 4 heteroatoms. The van der Waals surface area contributed by atoms with Gasteiger partial charge in [0, 0.05) is 13.1 Å². The Bertz CT molecular complexity index is 203. The first kappa shape index (κ1) is 13.5. The molecule has 0 aromatic heterocycles. The van der Waals surface area contributed by atoms with Crippen molar-refractivity contribution < 1.29 is 9.53 Å². The second kappa shape index (κ2) is 7.63. The smallest absolute Gasteiger partial charge is 0.239 e. The number of hydrogen-bond acceptors (Lipinski definition) is 3. The Balaban J connectivity index is 2.35. The number of nitrogens with one attached hydrogen (secondary N) is 1. The predicted molar refractivity (Wildman–Crippen MR) is 64.4 cm³/mol. The van der Waals surface area contributed by atoms with Crippen LogP contribution in [0.15, 0.2) is 0 Å². The van der Waals surface area contributed by atoms with Gasteiger partial charge in [0.25, 0.3) is 0 Å². The van der Waals surface area contributed by atoms with E-state index < -0.39 is 0 Å². The molecule has 0 aromatic rings. The molecule has 4 nitrogen and oxygen atoms in total. The molecule has 0 aliphatic carbocycles. The van der Waals surface area contributed by atoms with E-state index in [1.54, 1.807) is 0 Å². The van der Waals surface area contributed by atoms with Crippen LogP contribution in [-0.2, 0) is 9.53 Å². The highest BCUT2D eigenvalue weighted by Crippen LogP contribution is 2.08. The van der Waals surface area contributed by atoms with Crippen molar-refractivity contribution in [2.75, 3.05) is 33.4 Å². The third-order valence-electron chi connectivity index (χ3n) is 3.07. The summed E-state index contributed by atoms with van der Waals surface area (Å²) in [6.45, 7) is 5.02. The molecule has 0 bridgehead atoms. The molecule has 1 fully saturated rings. The van der Waals surface area contributed by atoms with Gasteiger partial charge in [-0.2, -0.15) is 0 Å². The number of morpholine rings is 1. The predicted octanol–water partition coefficient (Wildman–Crippen LogP) is 1.01. The van der Waals surface area contributed by atoms with Crippen molar-refractivity contribution >= 4 is 5.91 Å². The third-order valence-corrected chi connectivity index (χ3v) is 3.07. The summed E-state index contributed by atoms with van der Waals surface area (Å²) in [5, 5.41) is 3.13. The van der Waals surface area contributed by atoms with Gasteiger partial charge in [0.1, 0.15) is 0 Å². The Morgan fingerprint density at radius 2 is 2.06 bits per heavy atom. The topological polar surface area (TPSA) is 41.6 Å². The van der Waals surface area contributed by atoms with Crippen molar-refractivity contribution in [3.63, 3.8) is 0 Å². The molecule has 1 N–H and O–H groups in total. The SMILES string of the molecule is CCCCC[C@H](NC)C(=O)N1CCOCC1. The first-order chi connectivity index (χ1) is 7.79. The third kappa shape index (κ3) is 4.10. The summed E-state index contributed by atoms with van der Waals surface area (Å²) in [6.07, 6.45) is 4.47. The molecule has 0 spiro atoms. The Morgan fingerprint density at radius 1 is 1.38 bits per heavy atom. The fourth-order valence-electron chi connectivity index (χ4n) is 1.99. The molecule has 1 aliphatic heterocycles. The van der Waals surface area contributed by atoms with E-state index in [0.29, 0.717) is 13.2 Å². The molecule has 1 aliphatic rings. The van der Waals surface area contributed by atoms with Crippen LogP contribution in [0.25, 0.3) is 0 Å². The van der Waals surface area contributed by atoms with Crippen molar-refractivity contribution in [3.8, 4) is 0 Å². The van der Waals surface area contributed by atoms with Crippen molar-refractivity contribution in [1.29, 1.82) is 0 Å². The number of carbonyl (C=O) groups excluding carboxylic acids is 1. The lowest BCUT2D eigenvalue weighted by Gasteiger charge is -2.30. The van der Waals surface area contributed by atoms with E-state index in [1.165, 1.54) is 12.8 Å².